The SMILES string of the molecule is CCNC(=NCCc1ncc(CC)s1)NCCc1c[nH]c2c(C)cccc12. The van der Waals surface area contributed by atoms with E-state index in [1.165, 1.54) is 31.9 Å². The van der Waals surface area contributed by atoms with Crippen LogP contribution in [0.3, 0.4) is 0 Å². The summed E-state index contributed by atoms with van der Waals surface area (Å²) in [5.74, 6) is 0.876. The van der Waals surface area contributed by atoms with Crippen LogP contribution in [0.5, 0.6) is 0 Å². The molecule has 0 radical (unpaired) electrons. The van der Waals surface area contributed by atoms with Crippen molar-refractivity contribution in [3.05, 3.63) is 51.6 Å². The summed E-state index contributed by atoms with van der Waals surface area (Å²) in [6.07, 6.45) is 7.01. The molecule has 0 amide bonds. The third-order valence-corrected chi connectivity index (χ3v) is 5.79. The van der Waals surface area contributed by atoms with Crippen molar-refractivity contribution in [1.29, 1.82) is 0 Å². The van der Waals surface area contributed by atoms with Gasteiger partial charge in [-0.05, 0) is 37.8 Å². The number of guanidine groups is 1. The highest BCUT2D eigenvalue weighted by molar-refractivity contribution is 7.11. The first kappa shape index (κ1) is 19.4. The standard InChI is InChI=1S/C21H29N5S/c1-4-17-14-25-19(27-17)10-12-24-21(22-5-2)23-11-9-16-13-26-20-15(3)7-6-8-18(16)20/h6-8,13-14,26H,4-5,9-12H2,1-3H3,(H2,22,23,24). The average molecular weight is 384 g/mol. The largest absolute Gasteiger partial charge is 0.361 e. The fourth-order valence-electron chi connectivity index (χ4n) is 3.12. The zero-order chi connectivity index (χ0) is 19.1. The second kappa shape index (κ2) is 9.55. The van der Waals surface area contributed by atoms with E-state index >= 15 is 0 Å². The third-order valence-electron chi connectivity index (χ3n) is 4.59. The number of nitrogens with one attached hydrogen (secondary N) is 3. The molecule has 0 bridgehead atoms. The Morgan fingerprint density at radius 2 is 2.11 bits per heavy atom. The number of hydrogen-bond donors (Lipinski definition) is 3. The maximum absolute atomic E-state index is 4.69. The Bertz CT molecular complexity index is 893. The van der Waals surface area contributed by atoms with Gasteiger partial charge in [-0.2, -0.15) is 0 Å². The molecule has 0 saturated carbocycles. The summed E-state index contributed by atoms with van der Waals surface area (Å²) in [6.45, 7) is 8.85. The lowest BCUT2D eigenvalue weighted by Gasteiger charge is -2.11. The van der Waals surface area contributed by atoms with Crippen molar-refractivity contribution < 1.29 is 0 Å². The summed E-state index contributed by atoms with van der Waals surface area (Å²) in [7, 11) is 0. The summed E-state index contributed by atoms with van der Waals surface area (Å²) < 4.78 is 0. The molecular weight excluding hydrogens is 354 g/mol. The Labute approximate surface area is 165 Å². The van der Waals surface area contributed by atoms with Crippen molar-refractivity contribution in [2.45, 2.75) is 40.0 Å². The van der Waals surface area contributed by atoms with Crippen molar-refractivity contribution in [1.82, 2.24) is 20.6 Å². The maximum atomic E-state index is 4.69. The molecule has 0 atom stereocenters. The quantitative estimate of drug-likeness (QED) is 0.409. The summed E-state index contributed by atoms with van der Waals surface area (Å²) in [5, 5.41) is 9.26. The van der Waals surface area contributed by atoms with E-state index in [9.17, 15) is 0 Å². The lowest BCUT2D eigenvalue weighted by Crippen LogP contribution is -2.38. The monoisotopic (exact) mass is 383 g/mol. The molecule has 144 valence electrons. The van der Waals surface area contributed by atoms with Crippen molar-refractivity contribution in [2.24, 2.45) is 4.99 Å². The van der Waals surface area contributed by atoms with E-state index in [2.05, 4.69) is 65.8 Å². The van der Waals surface area contributed by atoms with Gasteiger partial charge < -0.3 is 15.6 Å². The number of aromatic amines is 1. The van der Waals surface area contributed by atoms with Crippen LogP contribution in [0.2, 0.25) is 0 Å². The molecule has 2 heterocycles. The van der Waals surface area contributed by atoms with Crippen LogP contribution in [-0.2, 0) is 19.3 Å². The number of nitrogens with zero attached hydrogens (tertiary/aromatic N) is 2. The molecule has 5 nitrogen and oxygen atoms in total. The van der Waals surface area contributed by atoms with Gasteiger partial charge in [0.1, 0.15) is 0 Å². The predicted octanol–water partition coefficient (Wildman–Crippen LogP) is 3.84. The molecule has 3 aromatic rings. The molecule has 0 aliphatic rings. The van der Waals surface area contributed by atoms with Gasteiger partial charge in [-0.25, -0.2) is 4.98 Å². The molecule has 0 unspecified atom stereocenters. The molecule has 0 aliphatic carbocycles. The summed E-state index contributed by atoms with van der Waals surface area (Å²) in [5.41, 5.74) is 3.87. The molecule has 27 heavy (non-hydrogen) atoms. The predicted molar refractivity (Wildman–Crippen MR) is 116 cm³/mol. The van der Waals surface area contributed by atoms with Crippen molar-refractivity contribution in [2.75, 3.05) is 19.6 Å². The summed E-state index contributed by atoms with van der Waals surface area (Å²) in [6, 6.07) is 6.45. The van der Waals surface area contributed by atoms with Crippen LogP contribution in [-0.4, -0.2) is 35.6 Å². The van der Waals surface area contributed by atoms with Crippen LogP contribution in [0.4, 0.5) is 0 Å². The van der Waals surface area contributed by atoms with Crippen molar-refractivity contribution >= 4 is 28.2 Å². The Morgan fingerprint density at radius 3 is 2.89 bits per heavy atom. The van der Waals surface area contributed by atoms with Crippen LogP contribution in [0.15, 0.2) is 35.6 Å². The van der Waals surface area contributed by atoms with Gasteiger partial charge in [0.2, 0.25) is 0 Å². The smallest absolute Gasteiger partial charge is 0.191 e. The normalized spacial score (nSPS) is 11.9. The van der Waals surface area contributed by atoms with Crippen LogP contribution in [0.1, 0.15) is 34.9 Å². The van der Waals surface area contributed by atoms with Gasteiger partial charge in [0, 0.05) is 54.2 Å². The second-order valence-electron chi connectivity index (χ2n) is 6.57. The third kappa shape index (κ3) is 5.10. The average Bonchev–Trinajstić information content (AvgIpc) is 3.30. The number of para-hydroxylation sites is 1. The molecule has 3 N–H and O–H groups in total. The minimum Gasteiger partial charge on any atom is -0.361 e. The number of aryl methyl sites for hydroxylation is 2. The Kier molecular flexibility index (Phi) is 6.87. The van der Waals surface area contributed by atoms with Crippen LogP contribution in [0, 0.1) is 6.92 Å². The fourth-order valence-corrected chi connectivity index (χ4v) is 3.97. The van der Waals surface area contributed by atoms with E-state index < -0.39 is 0 Å². The molecule has 0 fully saturated rings. The molecule has 2 aromatic heterocycles. The molecule has 1 aromatic carbocycles. The van der Waals surface area contributed by atoms with Crippen LogP contribution >= 0.6 is 11.3 Å². The second-order valence-corrected chi connectivity index (χ2v) is 7.77. The zero-order valence-corrected chi connectivity index (χ0v) is 17.2. The number of H-pyrrole nitrogens is 1. The van der Waals surface area contributed by atoms with Crippen LogP contribution in [0.25, 0.3) is 10.9 Å². The Morgan fingerprint density at radius 1 is 1.22 bits per heavy atom. The van der Waals surface area contributed by atoms with Gasteiger partial charge >= 0.3 is 0 Å². The summed E-state index contributed by atoms with van der Waals surface area (Å²) in [4.78, 5) is 13.9. The maximum Gasteiger partial charge on any atom is 0.191 e. The lowest BCUT2D eigenvalue weighted by atomic mass is 10.1. The topological polar surface area (TPSA) is 65.1 Å². The van der Waals surface area contributed by atoms with Crippen molar-refractivity contribution in [3.8, 4) is 0 Å². The number of benzene rings is 1. The number of rotatable bonds is 8. The van der Waals surface area contributed by atoms with Gasteiger partial charge in [0.15, 0.2) is 5.96 Å². The molecule has 0 spiro atoms. The molecule has 3 rings (SSSR count). The zero-order valence-electron chi connectivity index (χ0n) is 16.4. The first-order valence-electron chi connectivity index (χ1n) is 9.72. The van der Waals surface area contributed by atoms with Gasteiger partial charge in [0.05, 0.1) is 5.01 Å². The Hall–Kier alpha value is -2.34. The van der Waals surface area contributed by atoms with E-state index in [-0.39, 0.29) is 0 Å². The van der Waals surface area contributed by atoms with E-state index in [0.717, 1.165) is 44.9 Å². The first-order valence-corrected chi connectivity index (χ1v) is 10.5. The number of fused-ring (bicyclic) bond motifs is 1. The van der Waals surface area contributed by atoms with E-state index in [1.54, 1.807) is 11.3 Å². The molecular formula is C21H29N5S. The number of aliphatic imine (C=N–C) groups is 1. The highest BCUT2D eigenvalue weighted by Crippen LogP contribution is 2.21. The highest BCUT2D eigenvalue weighted by Gasteiger charge is 2.06. The van der Waals surface area contributed by atoms with E-state index in [4.69, 9.17) is 4.99 Å². The van der Waals surface area contributed by atoms with Gasteiger partial charge in [-0.3, -0.25) is 4.99 Å². The lowest BCUT2D eigenvalue weighted by molar-refractivity contribution is 0.798. The number of hydrogen-bond acceptors (Lipinski definition) is 3. The number of thiazole rings is 1. The van der Waals surface area contributed by atoms with E-state index in [1.807, 2.05) is 6.20 Å². The highest BCUT2D eigenvalue weighted by atomic mass is 32.1. The summed E-state index contributed by atoms with van der Waals surface area (Å²) >= 11 is 1.79. The van der Waals surface area contributed by atoms with Gasteiger partial charge in [0.25, 0.3) is 0 Å². The van der Waals surface area contributed by atoms with Crippen LogP contribution < -0.4 is 10.6 Å². The van der Waals surface area contributed by atoms with E-state index in [0.29, 0.717) is 0 Å². The van der Waals surface area contributed by atoms with Gasteiger partial charge in [-0.1, -0.05) is 25.1 Å². The molecule has 0 saturated heterocycles. The van der Waals surface area contributed by atoms with Crippen molar-refractivity contribution in [3.63, 3.8) is 0 Å². The fraction of sp³-hybridized carbons (Fsp3) is 0.429. The minimum absolute atomic E-state index is 0.748. The molecule has 0 aliphatic heterocycles. The van der Waals surface area contributed by atoms with Gasteiger partial charge in [-0.15, -0.1) is 11.3 Å². The molecule has 6 heteroatoms. The minimum atomic E-state index is 0.748. The Balaban J connectivity index is 1.53. The first-order chi connectivity index (χ1) is 13.2. The number of aromatic nitrogens is 2.